The van der Waals surface area contributed by atoms with Crippen molar-refractivity contribution >= 4 is 15.9 Å². The average molecular weight is 283 g/mol. The van der Waals surface area contributed by atoms with Gasteiger partial charge in [0, 0.05) is 0 Å². The fraction of sp³-hybridized carbons (Fsp3) is 0.571. The quantitative estimate of drug-likeness (QED) is 0.792. The van der Waals surface area contributed by atoms with Crippen molar-refractivity contribution in [2.24, 2.45) is 11.3 Å². The van der Waals surface area contributed by atoms with Crippen molar-refractivity contribution in [3.8, 4) is 5.75 Å². The second kappa shape index (κ2) is 4.06. The average Bonchev–Trinajstić information content (AvgIpc) is 2.45. The van der Waals surface area contributed by atoms with E-state index in [4.69, 9.17) is 0 Å². The van der Waals surface area contributed by atoms with Crippen LogP contribution in [0.25, 0.3) is 0 Å². The molecule has 2 atom stereocenters. The largest absolute Gasteiger partial charge is 0.507 e. The Morgan fingerprint density at radius 2 is 2.00 bits per heavy atom. The summed E-state index contributed by atoms with van der Waals surface area (Å²) in [5, 5.41) is 9.51. The smallest absolute Gasteiger partial charge is 0.129 e. The molecule has 0 aliphatic heterocycles. The lowest BCUT2D eigenvalue weighted by atomic mass is 9.88. The molecule has 0 heterocycles. The van der Waals surface area contributed by atoms with E-state index >= 15 is 0 Å². The molecular formula is C14H19BrO. The molecule has 0 spiro atoms. The summed E-state index contributed by atoms with van der Waals surface area (Å²) < 4.78 is 0.807. The number of benzene rings is 1. The van der Waals surface area contributed by atoms with Crippen LogP contribution in [0.2, 0.25) is 0 Å². The monoisotopic (exact) mass is 282 g/mol. The van der Waals surface area contributed by atoms with Gasteiger partial charge in [0.2, 0.25) is 0 Å². The molecule has 0 aromatic heterocycles. The van der Waals surface area contributed by atoms with Crippen molar-refractivity contribution < 1.29 is 5.11 Å². The zero-order valence-electron chi connectivity index (χ0n) is 10.1. The number of rotatable bonds is 1. The molecular weight excluding hydrogens is 264 g/mol. The molecule has 0 radical (unpaired) electrons. The fourth-order valence-electron chi connectivity index (χ4n) is 3.09. The maximum Gasteiger partial charge on any atom is 0.129 e. The minimum absolute atomic E-state index is 0.327. The number of phenolic OH excluding ortho intramolecular Hbond substituents is 1. The maximum absolute atomic E-state index is 9.51. The van der Waals surface area contributed by atoms with Crippen LogP contribution in [0.3, 0.4) is 0 Å². The van der Waals surface area contributed by atoms with Crippen molar-refractivity contribution in [2.45, 2.75) is 39.5 Å². The van der Waals surface area contributed by atoms with Crippen molar-refractivity contribution in [1.82, 2.24) is 0 Å². The summed E-state index contributed by atoms with van der Waals surface area (Å²) in [5.74, 6) is 1.69. The fourth-order valence-corrected chi connectivity index (χ4v) is 3.49. The molecule has 2 heteroatoms. The molecule has 1 aliphatic carbocycles. The van der Waals surface area contributed by atoms with E-state index in [1.54, 1.807) is 6.07 Å². The number of aromatic hydroxyl groups is 1. The van der Waals surface area contributed by atoms with Gasteiger partial charge in [-0.05, 0) is 63.7 Å². The summed E-state index contributed by atoms with van der Waals surface area (Å²) in [7, 11) is 0. The molecule has 16 heavy (non-hydrogen) atoms. The molecule has 1 nitrogen and oxygen atoms in total. The van der Waals surface area contributed by atoms with Crippen LogP contribution in [-0.2, 0) is 0 Å². The summed E-state index contributed by atoms with van der Waals surface area (Å²) in [6.07, 6.45) is 2.53. The van der Waals surface area contributed by atoms with Gasteiger partial charge in [-0.15, -0.1) is 0 Å². The van der Waals surface area contributed by atoms with Gasteiger partial charge < -0.3 is 5.11 Å². The van der Waals surface area contributed by atoms with Gasteiger partial charge in [0.1, 0.15) is 5.75 Å². The first-order valence-corrected chi connectivity index (χ1v) is 6.67. The van der Waals surface area contributed by atoms with Gasteiger partial charge >= 0.3 is 0 Å². The van der Waals surface area contributed by atoms with E-state index in [1.807, 2.05) is 0 Å². The normalized spacial score (nSPS) is 28.2. The van der Waals surface area contributed by atoms with Crippen LogP contribution in [0.15, 0.2) is 22.7 Å². The number of hydrogen-bond acceptors (Lipinski definition) is 1. The van der Waals surface area contributed by atoms with Crippen molar-refractivity contribution in [1.29, 1.82) is 0 Å². The highest BCUT2D eigenvalue weighted by Gasteiger charge is 2.37. The Morgan fingerprint density at radius 3 is 2.50 bits per heavy atom. The molecule has 1 N–H and O–H groups in total. The Bertz CT molecular complexity index is 398. The Morgan fingerprint density at radius 1 is 1.31 bits per heavy atom. The van der Waals surface area contributed by atoms with Crippen LogP contribution in [0, 0.1) is 11.3 Å². The maximum atomic E-state index is 9.51. The highest BCUT2D eigenvalue weighted by molar-refractivity contribution is 9.10. The lowest BCUT2D eigenvalue weighted by Gasteiger charge is -2.18. The zero-order valence-corrected chi connectivity index (χ0v) is 11.7. The van der Waals surface area contributed by atoms with Crippen molar-refractivity contribution in [3.63, 3.8) is 0 Å². The minimum atomic E-state index is 0.327. The van der Waals surface area contributed by atoms with Crippen LogP contribution in [0.5, 0.6) is 5.75 Å². The van der Waals surface area contributed by atoms with Gasteiger partial charge in [0.05, 0.1) is 4.47 Å². The van der Waals surface area contributed by atoms with Gasteiger partial charge in [-0.1, -0.05) is 26.8 Å². The van der Waals surface area contributed by atoms with Gasteiger partial charge in [-0.25, -0.2) is 0 Å². The van der Waals surface area contributed by atoms with E-state index < -0.39 is 0 Å². The third-order valence-electron chi connectivity index (χ3n) is 3.73. The number of hydrogen-bond donors (Lipinski definition) is 1. The van der Waals surface area contributed by atoms with Gasteiger partial charge in [0.25, 0.3) is 0 Å². The minimum Gasteiger partial charge on any atom is -0.507 e. The van der Waals surface area contributed by atoms with Crippen LogP contribution in [0.4, 0.5) is 0 Å². The summed E-state index contributed by atoms with van der Waals surface area (Å²) in [6.45, 7) is 7.03. The standard InChI is InChI=1S/C14H19BrO/c1-9-7-14(2,3)8-11(9)10-4-5-13(16)12(15)6-10/h4-6,9,11,16H,7-8H2,1-3H3. The van der Waals surface area contributed by atoms with E-state index in [0.29, 0.717) is 17.1 Å². The highest BCUT2D eigenvalue weighted by Crippen LogP contribution is 2.50. The summed E-state index contributed by atoms with van der Waals surface area (Å²) in [6, 6.07) is 5.91. The predicted octanol–water partition coefficient (Wildman–Crippen LogP) is 4.69. The molecule has 1 fully saturated rings. The lowest BCUT2D eigenvalue weighted by molar-refractivity contribution is 0.365. The molecule has 0 amide bonds. The molecule has 1 aromatic carbocycles. The van der Waals surface area contributed by atoms with E-state index in [0.717, 1.165) is 10.4 Å². The predicted molar refractivity (Wildman–Crippen MR) is 70.7 cm³/mol. The van der Waals surface area contributed by atoms with Gasteiger partial charge in [-0.3, -0.25) is 0 Å². The Labute approximate surface area is 106 Å². The van der Waals surface area contributed by atoms with Crippen LogP contribution < -0.4 is 0 Å². The Balaban J connectivity index is 2.28. The second-order valence-electron chi connectivity index (χ2n) is 5.87. The summed E-state index contributed by atoms with van der Waals surface area (Å²) in [4.78, 5) is 0. The van der Waals surface area contributed by atoms with Gasteiger partial charge in [0.15, 0.2) is 0 Å². The molecule has 1 saturated carbocycles. The molecule has 2 rings (SSSR count). The molecule has 88 valence electrons. The number of halogens is 1. The van der Waals surface area contributed by atoms with E-state index in [2.05, 4.69) is 48.8 Å². The van der Waals surface area contributed by atoms with Gasteiger partial charge in [-0.2, -0.15) is 0 Å². The lowest BCUT2D eigenvalue weighted by Crippen LogP contribution is -2.04. The third-order valence-corrected chi connectivity index (χ3v) is 4.37. The van der Waals surface area contributed by atoms with E-state index in [1.165, 1.54) is 18.4 Å². The SMILES string of the molecule is CC1CC(C)(C)CC1c1ccc(O)c(Br)c1. The molecule has 1 aliphatic rings. The topological polar surface area (TPSA) is 20.2 Å². The second-order valence-corrected chi connectivity index (χ2v) is 6.72. The summed E-state index contributed by atoms with van der Waals surface area (Å²) in [5.41, 5.74) is 1.80. The molecule has 1 aromatic rings. The van der Waals surface area contributed by atoms with Crippen molar-refractivity contribution in [2.75, 3.05) is 0 Å². The summed E-state index contributed by atoms with van der Waals surface area (Å²) >= 11 is 3.39. The first-order chi connectivity index (χ1) is 7.39. The van der Waals surface area contributed by atoms with Crippen LogP contribution >= 0.6 is 15.9 Å². The van der Waals surface area contributed by atoms with E-state index in [-0.39, 0.29) is 0 Å². The van der Waals surface area contributed by atoms with Crippen LogP contribution in [0.1, 0.15) is 45.1 Å². The first-order valence-electron chi connectivity index (χ1n) is 5.87. The Hall–Kier alpha value is -0.500. The Kier molecular flexibility index (Phi) is 3.04. The molecule has 0 saturated heterocycles. The molecule has 0 bridgehead atoms. The third kappa shape index (κ3) is 2.27. The number of phenols is 1. The first kappa shape index (κ1) is 12.0. The zero-order chi connectivity index (χ0) is 11.9. The highest BCUT2D eigenvalue weighted by atomic mass is 79.9. The van der Waals surface area contributed by atoms with Crippen molar-refractivity contribution in [3.05, 3.63) is 28.2 Å². The van der Waals surface area contributed by atoms with Crippen LogP contribution in [-0.4, -0.2) is 5.11 Å². The molecule has 2 unspecified atom stereocenters. The van der Waals surface area contributed by atoms with E-state index in [9.17, 15) is 5.11 Å².